The number of hydrogen-bond acceptors (Lipinski definition) is 4. The van der Waals surface area contributed by atoms with Crippen molar-refractivity contribution < 1.29 is 9.53 Å². The molecule has 0 radical (unpaired) electrons. The third-order valence-corrected chi connectivity index (χ3v) is 4.50. The molecule has 0 aromatic heterocycles. The molecule has 0 fully saturated rings. The van der Waals surface area contributed by atoms with E-state index in [4.69, 9.17) is 4.74 Å². The summed E-state index contributed by atoms with van der Waals surface area (Å²) in [6.45, 7) is 4.12. The maximum Gasteiger partial charge on any atom is 0.326 e. The van der Waals surface area contributed by atoms with Crippen LogP contribution in [0.1, 0.15) is 20.3 Å². The Balaban J connectivity index is 2.49. The van der Waals surface area contributed by atoms with Gasteiger partial charge < -0.3 is 10.1 Å². The third-order valence-electron chi connectivity index (χ3n) is 2.96. The van der Waals surface area contributed by atoms with Crippen LogP contribution in [0.3, 0.4) is 0 Å². The molecule has 1 aromatic rings. The summed E-state index contributed by atoms with van der Waals surface area (Å²) >= 11 is 5.15. The zero-order chi connectivity index (χ0) is 14.3. The topological polar surface area (TPSA) is 38.3 Å². The minimum atomic E-state index is -0.613. The lowest BCUT2D eigenvalue weighted by atomic mass is 10.00. The summed E-state index contributed by atoms with van der Waals surface area (Å²) in [5.74, 6) is 0.673. The van der Waals surface area contributed by atoms with Gasteiger partial charge in [0.25, 0.3) is 0 Å². The highest BCUT2D eigenvalue weighted by Crippen LogP contribution is 2.24. The smallest absolute Gasteiger partial charge is 0.326 e. The zero-order valence-corrected chi connectivity index (χ0v) is 13.9. The van der Waals surface area contributed by atoms with Crippen LogP contribution in [0.25, 0.3) is 0 Å². The Kier molecular flexibility index (Phi) is 6.89. The number of carbonyl (C=O) groups excluding carboxylic acids is 1. The molecule has 0 bridgehead atoms. The monoisotopic (exact) mass is 345 g/mol. The van der Waals surface area contributed by atoms with E-state index in [-0.39, 0.29) is 5.97 Å². The van der Waals surface area contributed by atoms with Gasteiger partial charge in [-0.05, 0) is 51.6 Å². The number of ether oxygens (including phenoxy) is 1. The average molecular weight is 346 g/mol. The molecule has 0 aliphatic heterocycles. The molecule has 0 saturated heterocycles. The van der Waals surface area contributed by atoms with Gasteiger partial charge in [0.1, 0.15) is 5.54 Å². The molecule has 1 rings (SSSR count). The molecule has 0 amide bonds. The molecule has 0 aliphatic rings. The Labute approximate surface area is 127 Å². The highest BCUT2D eigenvalue weighted by molar-refractivity contribution is 9.10. The Bertz CT molecular complexity index is 410. The highest BCUT2D eigenvalue weighted by atomic mass is 79.9. The highest BCUT2D eigenvalue weighted by Gasteiger charge is 2.32. The summed E-state index contributed by atoms with van der Waals surface area (Å²) in [7, 11) is 1.79. The first kappa shape index (κ1) is 16.5. The number of rotatable bonds is 7. The molecule has 0 saturated carbocycles. The van der Waals surface area contributed by atoms with Crippen LogP contribution in [-0.4, -0.2) is 30.9 Å². The summed E-state index contributed by atoms with van der Waals surface area (Å²) < 4.78 is 6.17. The van der Waals surface area contributed by atoms with E-state index >= 15 is 0 Å². The Morgan fingerprint density at radius 3 is 2.58 bits per heavy atom. The molecule has 5 heteroatoms. The van der Waals surface area contributed by atoms with E-state index in [9.17, 15) is 4.79 Å². The van der Waals surface area contributed by atoms with Crippen molar-refractivity contribution in [2.24, 2.45) is 0 Å². The first-order valence-electron chi connectivity index (χ1n) is 6.26. The van der Waals surface area contributed by atoms with Crippen molar-refractivity contribution in [1.82, 2.24) is 5.32 Å². The van der Waals surface area contributed by atoms with Crippen LogP contribution in [0.5, 0.6) is 0 Å². The number of nitrogens with one attached hydrogen (secondary N) is 1. The first-order chi connectivity index (χ1) is 9.01. The molecule has 1 aromatic carbocycles. The van der Waals surface area contributed by atoms with E-state index in [2.05, 4.69) is 33.4 Å². The van der Waals surface area contributed by atoms with Gasteiger partial charge in [0.2, 0.25) is 0 Å². The molecule has 19 heavy (non-hydrogen) atoms. The fourth-order valence-electron chi connectivity index (χ4n) is 1.52. The number of hydrogen-bond donors (Lipinski definition) is 1. The standard InChI is InChI=1S/C14H20BrNO2S/c1-4-18-13(17)14(2,16-3)9-10-19-12-7-5-11(15)6-8-12/h5-8,16H,4,9-10H2,1-3H3. The predicted octanol–water partition coefficient (Wildman–Crippen LogP) is 3.47. The first-order valence-corrected chi connectivity index (χ1v) is 8.04. The fourth-order valence-corrected chi connectivity index (χ4v) is 2.86. The van der Waals surface area contributed by atoms with Crippen molar-refractivity contribution >= 4 is 33.7 Å². The van der Waals surface area contributed by atoms with E-state index in [0.717, 1.165) is 16.6 Å². The largest absolute Gasteiger partial charge is 0.465 e. The Hall–Kier alpha value is -0.520. The summed E-state index contributed by atoms with van der Waals surface area (Å²) in [4.78, 5) is 13.1. The molecular formula is C14H20BrNO2S. The number of likely N-dealkylation sites (N-methyl/N-ethyl adjacent to an activating group) is 1. The minimum absolute atomic E-state index is 0.186. The second-order valence-corrected chi connectivity index (χ2v) is 6.44. The fraction of sp³-hybridized carbons (Fsp3) is 0.500. The van der Waals surface area contributed by atoms with Gasteiger partial charge in [-0.3, -0.25) is 4.79 Å². The lowest BCUT2D eigenvalue weighted by Crippen LogP contribution is -2.49. The molecule has 0 heterocycles. The third kappa shape index (κ3) is 5.16. The van der Waals surface area contributed by atoms with Gasteiger partial charge in [0, 0.05) is 15.1 Å². The van der Waals surface area contributed by atoms with Crippen molar-refractivity contribution in [2.45, 2.75) is 30.7 Å². The van der Waals surface area contributed by atoms with Gasteiger partial charge in [-0.2, -0.15) is 0 Å². The van der Waals surface area contributed by atoms with Crippen LogP contribution >= 0.6 is 27.7 Å². The maximum atomic E-state index is 11.9. The molecule has 106 valence electrons. The average Bonchev–Trinajstić information content (AvgIpc) is 2.41. The Morgan fingerprint density at radius 1 is 1.42 bits per heavy atom. The van der Waals surface area contributed by atoms with Crippen LogP contribution in [-0.2, 0) is 9.53 Å². The van der Waals surface area contributed by atoms with Crippen molar-refractivity contribution in [1.29, 1.82) is 0 Å². The number of carbonyl (C=O) groups is 1. The van der Waals surface area contributed by atoms with E-state index in [0.29, 0.717) is 6.61 Å². The Morgan fingerprint density at radius 2 is 2.05 bits per heavy atom. The molecule has 1 unspecified atom stereocenters. The summed E-state index contributed by atoms with van der Waals surface area (Å²) in [5.41, 5.74) is -0.613. The normalized spacial score (nSPS) is 13.9. The van der Waals surface area contributed by atoms with Crippen LogP contribution in [0.15, 0.2) is 33.6 Å². The lowest BCUT2D eigenvalue weighted by Gasteiger charge is -2.26. The van der Waals surface area contributed by atoms with E-state index in [1.54, 1.807) is 18.8 Å². The van der Waals surface area contributed by atoms with E-state index in [1.165, 1.54) is 4.90 Å². The van der Waals surface area contributed by atoms with Crippen molar-refractivity contribution in [3.05, 3.63) is 28.7 Å². The zero-order valence-electron chi connectivity index (χ0n) is 11.5. The van der Waals surface area contributed by atoms with Crippen LogP contribution in [0.4, 0.5) is 0 Å². The molecule has 3 nitrogen and oxygen atoms in total. The van der Waals surface area contributed by atoms with Gasteiger partial charge in [-0.25, -0.2) is 0 Å². The molecule has 0 spiro atoms. The van der Waals surface area contributed by atoms with Crippen molar-refractivity contribution in [3.8, 4) is 0 Å². The summed E-state index contributed by atoms with van der Waals surface area (Å²) in [6, 6.07) is 8.17. The minimum Gasteiger partial charge on any atom is -0.465 e. The molecule has 1 atom stereocenters. The quantitative estimate of drug-likeness (QED) is 0.606. The van der Waals surface area contributed by atoms with Gasteiger partial charge >= 0.3 is 5.97 Å². The second kappa shape index (κ2) is 7.92. The molecule has 1 N–H and O–H groups in total. The molecule has 0 aliphatic carbocycles. The molecular weight excluding hydrogens is 326 g/mol. The number of esters is 1. The van der Waals surface area contributed by atoms with Gasteiger partial charge in [0.15, 0.2) is 0 Å². The SMILES string of the molecule is CCOC(=O)C(C)(CCSc1ccc(Br)cc1)NC. The maximum absolute atomic E-state index is 11.9. The van der Waals surface area contributed by atoms with E-state index < -0.39 is 5.54 Å². The van der Waals surface area contributed by atoms with E-state index in [1.807, 2.05) is 26.0 Å². The lowest BCUT2D eigenvalue weighted by molar-refractivity contribution is -0.150. The van der Waals surface area contributed by atoms with Crippen molar-refractivity contribution in [2.75, 3.05) is 19.4 Å². The van der Waals surface area contributed by atoms with Gasteiger partial charge in [-0.1, -0.05) is 15.9 Å². The van der Waals surface area contributed by atoms with Crippen molar-refractivity contribution in [3.63, 3.8) is 0 Å². The number of halogens is 1. The van der Waals surface area contributed by atoms with Gasteiger partial charge in [-0.15, -0.1) is 11.8 Å². The second-order valence-electron chi connectivity index (χ2n) is 4.35. The number of benzene rings is 1. The number of thioether (sulfide) groups is 1. The van der Waals surface area contributed by atoms with Gasteiger partial charge in [0.05, 0.1) is 6.61 Å². The van der Waals surface area contributed by atoms with Crippen LogP contribution in [0.2, 0.25) is 0 Å². The summed E-state index contributed by atoms with van der Waals surface area (Å²) in [6.07, 6.45) is 0.725. The van der Waals surface area contributed by atoms with Crippen LogP contribution < -0.4 is 5.32 Å². The predicted molar refractivity (Wildman–Crippen MR) is 83.6 cm³/mol. The summed E-state index contributed by atoms with van der Waals surface area (Å²) in [5, 5.41) is 3.06. The van der Waals surface area contributed by atoms with Crippen LogP contribution in [0, 0.1) is 0 Å².